The second kappa shape index (κ2) is 5.80. The van der Waals surface area contributed by atoms with E-state index in [0.717, 1.165) is 13.0 Å². The summed E-state index contributed by atoms with van der Waals surface area (Å²) in [7, 11) is 1.70. The predicted octanol–water partition coefficient (Wildman–Crippen LogP) is 2.90. The van der Waals surface area contributed by atoms with Crippen LogP contribution in [-0.2, 0) is 4.74 Å². The minimum Gasteiger partial charge on any atom is -0.478 e. The Balaban J connectivity index is 2.29. The molecule has 1 N–H and O–H groups in total. The van der Waals surface area contributed by atoms with E-state index in [1.165, 1.54) is 6.07 Å². The highest BCUT2D eigenvalue weighted by atomic mass is 35.5. The number of aromatic carboxylic acids is 1. The van der Waals surface area contributed by atoms with E-state index in [1.54, 1.807) is 19.2 Å². The first-order valence-corrected chi connectivity index (χ1v) is 6.71. The highest BCUT2D eigenvalue weighted by Gasteiger charge is 2.28. The fourth-order valence-corrected chi connectivity index (χ4v) is 2.69. The van der Waals surface area contributed by atoms with E-state index >= 15 is 0 Å². The highest BCUT2D eigenvalue weighted by molar-refractivity contribution is 6.31. The van der Waals surface area contributed by atoms with E-state index in [-0.39, 0.29) is 11.7 Å². The van der Waals surface area contributed by atoms with Crippen molar-refractivity contribution in [2.45, 2.75) is 19.4 Å². The molecular weight excluding hydrogens is 266 g/mol. The van der Waals surface area contributed by atoms with E-state index < -0.39 is 5.97 Å². The molecule has 0 amide bonds. The quantitative estimate of drug-likeness (QED) is 0.927. The van der Waals surface area contributed by atoms with E-state index in [4.69, 9.17) is 16.3 Å². The summed E-state index contributed by atoms with van der Waals surface area (Å²) in [5.74, 6) is -0.466. The summed E-state index contributed by atoms with van der Waals surface area (Å²) in [5, 5.41) is 9.72. The van der Waals surface area contributed by atoms with Crippen LogP contribution in [0.15, 0.2) is 18.2 Å². The van der Waals surface area contributed by atoms with Gasteiger partial charge in [0, 0.05) is 25.2 Å². The number of halogens is 1. The third-order valence-electron chi connectivity index (χ3n) is 3.72. The maximum absolute atomic E-state index is 11.3. The lowest BCUT2D eigenvalue weighted by molar-refractivity contribution is 0.0496. The zero-order chi connectivity index (χ0) is 14.0. The Labute approximate surface area is 117 Å². The lowest BCUT2D eigenvalue weighted by Crippen LogP contribution is -2.44. The van der Waals surface area contributed by atoms with Crippen molar-refractivity contribution >= 4 is 23.3 Å². The largest absolute Gasteiger partial charge is 0.478 e. The van der Waals surface area contributed by atoms with Crippen LogP contribution in [-0.4, -0.2) is 37.4 Å². The van der Waals surface area contributed by atoms with Crippen LogP contribution in [0.25, 0.3) is 0 Å². The van der Waals surface area contributed by atoms with Crippen molar-refractivity contribution in [2.24, 2.45) is 5.92 Å². The van der Waals surface area contributed by atoms with Gasteiger partial charge in [0.25, 0.3) is 0 Å². The number of methoxy groups -OCH3 is 1. The molecule has 0 saturated carbocycles. The number of carboxylic acids is 1. The van der Waals surface area contributed by atoms with E-state index in [1.807, 2.05) is 0 Å². The topological polar surface area (TPSA) is 49.8 Å². The van der Waals surface area contributed by atoms with Crippen LogP contribution in [0.1, 0.15) is 23.7 Å². The molecule has 0 aliphatic carbocycles. The first-order chi connectivity index (χ1) is 9.02. The van der Waals surface area contributed by atoms with Crippen LogP contribution in [0.4, 0.5) is 5.69 Å². The number of carbonyl (C=O) groups is 1. The van der Waals surface area contributed by atoms with E-state index in [0.29, 0.717) is 23.2 Å². The minimum absolute atomic E-state index is 0.131. The SMILES string of the molecule is COC1CN(c2ccc(Cl)cc2C(=O)O)CCC1C. The van der Waals surface area contributed by atoms with Crippen LogP contribution in [0, 0.1) is 5.92 Å². The summed E-state index contributed by atoms with van der Waals surface area (Å²) in [6.45, 7) is 3.70. The van der Waals surface area contributed by atoms with Gasteiger partial charge in [0.15, 0.2) is 0 Å². The predicted molar refractivity (Wildman–Crippen MR) is 75.2 cm³/mol. The molecule has 0 spiro atoms. The van der Waals surface area contributed by atoms with Gasteiger partial charge in [0.1, 0.15) is 0 Å². The summed E-state index contributed by atoms with van der Waals surface area (Å²) in [6, 6.07) is 5.00. The normalized spacial score (nSPS) is 23.4. The Bertz CT molecular complexity index is 478. The van der Waals surface area contributed by atoms with E-state index in [2.05, 4.69) is 11.8 Å². The molecule has 104 valence electrons. The molecule has 2 unspecified atom stereocenters. The van der Waals surface area contributed by atoms with Gasteiger partial charge < -0.3 is 14.7 Å². The lowest BCUT2D eigenvalue weighted by atomic mass is 9.95. The Morgan fingerprint density at radius 1 is 1.53 bits per heavy atom. The number of ether oxygens (including phenoxy) is 1. The third-order valence-corrected chi connectivity index (χ3v) is 3.96. The Kier molecular flexibility index (Phi) is 4.32. The number of hydrogen-bond acceptors (Lipinski definition) is 3. The zero-order valence-corrected chi connectivity index (χ0v) is 11.9. The molecule has 1 aliphatic rings. The maximum Gasteiger partial charge on any atom is 0.337 e. The van der Waals surface area contributed by atoms with Crippen LogP contribution in [0.2, 0.25) is 5.02 Å². The Morgan fingerprint density at radius 3 is 2.89 bits per heavy atom. The second-order valence-electron chi connectivity index (χ2n) is 4.95. The molecule has 1 heterocycles. The monoisotopic (exact) mass is 283 g/mol. The molecule has 4 nitrogen and oxygen atoms in total. The average molecular weight is 284 g/mol. The van der Waals surface area contributed by atoms with Gasteiger partial charge in [-0.2, -0.15) is 0 Å². The number of benzene rings is 1. The fourth-order valence-electron chi connectivity index (χ4n) is 2.51. The van der Waals surface area contributed by atoms with Crippen molar-refractivity contribution in [3.05, 3.63) is 28.8 Å². The molecule has 1 aliphatic heterocycles. The van der Waals surface area contributed by atoms with E-state index in [9.17, 15) is 9.90 Å². The molecule has 1 aromatic rings. The van der Waals surface area contributed by atoms with Crippen molar-refractivity contribution in [2.75, 3.05) is 25.1 Å². The molecule has 5 heteroatoms. The van der Waals surface area contributed by atoms with Gasteiger partial charge in [0.05, 0.1) is 17.4 Å². The van der Waals surface area contributed by atoms with Crippen molar-refractivity contribution in [3.8, 4) is 0 Å². The minimum atomic E-state index is -0.954. The molecule has 0 radical (unpaired) electrons. The van der Waals surface area contributed by atoms with Gasteiger partial charge in [-0.05, 0) is 30.5 Å². The van der Waals surface area contributed by atoms with Crippen molar-refractivity contribution in [1.82, 2.24) is 0 Å². The lowest BCUT2D eigenvalue weighted by Gasteiger charge is -2.38. The standard InChI is InChI=1S/C14H18ClNO3/c1-9-5-6-16(8-13(9)19-2)12-4-3-10(15)7-11(12)14(17)18/h3-4,7,9,13H,5-6,8H2,1-2H3,(H,17,18). The molecule has 0 aromatic heterocycles. The number of piperidine rings is 1. The first kappa shape index (κ1) is 14.2. The van der Waals surface area contributed by atoms with Crippen molar-refractivity contribution < 1.29 is 14.6 Å². The maximum atomic E-state index is 11.3. The number of nitrogens with zero attached hydrogens (tertiary/aromatic N) is 1. The van der Waals surface area contributed by atoms with Crippen molar-refractivity contribution in [1.29, 1.82) is 0 Å². The summed E-state index contributed by atoms with van der Waals surface area (Å²) < 4.78 is 5.46. The summed E-state index contributed by atoms with van der Waals surface area (Å²) in [6.07, 6.45) is 1.12. The molecule has 1 saturated heterocycles. The molecule has 0 bridgehead atoms. The molecule has 1 fully saturated rings. The van der Waals surface area contributed by atoms with Gasteiger partial charge >= 0.3 is 5.97 Å². The van der Waals surface area contributed by atoms with Gasteiger partial charge in [-0.15, -0.1) is 0 Å². The highest BCUT2D eigenvalue weighted by Crippen LogP contribution is 2.29. The number of rotatable bonds is 3. The molecular formula is C14H18ClNO3. The van der Waals surface area contributed by atoms with Gasteiger partial charge in [-0.1, -0.05) is 18.5 Å². The smallest absolute Gasteiger partial charge is 0.337 e. The van der Waals surface area contributed by atoms with Crippen molar-refractivity contribution in [3.63, 3.8) is 0 Å². The van der Waals surface area contributed by atoms with Gasteiger partial charge in [-0.25, -0.2) is 4.79 Å². The average Bonchev–Trinajstić information content (AvgIpc) is 2.39. The summed E-state index contributed by atoms with van der Waals surface area (Å²) in [5.41, 5.74) is 0.961. The van der Waals surface area contributed by atoms with Crippen LogP contribution >= 0.6 is 11.6 Å². The fraction of sp³-hybridized carbons (Fsp3) is 0.500. The summed E-state index contributed by atoms with van der Waals surface area (Å²) >= 11 is 5.87. The Hall–Kier alpha value is -1.26. The number of carboxylic acid groups (broad SMARTS) is 1. The van der Waals surface area contributed by atoms with Crippen LogP contribution in [0.5, 0.6) is 0 Å². The Morgan fingerprint density at radius 2 is 2.26 bits per heavy atom. The van der Waals surface area contributed by atoms with Gasteiger partial charge in [0.2, 0.25) is 0 Å². The third kappa shape index (κ3) is 3.01. The van der Waals surface area contributed by atoms with Crippen LogP contribution < -0.4 is 4.90 Å². The molecule has 2 rings (SSSR count). The summed E-state index contributed by atoms with van der Waals surface area (Å²) in [4.78, 5) is 13.4. The molecule has 2 atom stereocenters. The second-order valence-corrected chi connectivity index (χ2v) is 5.39. The molecule has 1 aromatic carbocycles. The first-order valence-electron chi connectivity index (χ1n) is 6.33. The zero-order valence-electron chi connectivity index (χ0n) is 11.1. The number of anilines is 1. The van der Waals surface area contributed by atoms with Crippen LogP contribution in [0.3, 0.4) is 0 Å². The molecule has 19 heavy (non-hydrogen) atoms. The van der Waals surface area contributed by atoms with Gasteiger partial charge in [-0.3, -0.25) is 0 Å². The number of hydrogen-bond donors (Lipinski definition) is 1.